The van der Waals surface area contributed by atoms with Crippen molar-refractivity contribution >= 4 is 23.1 Å². The third-order valence-electron chi connectivity index (χ3n) is 5.44. The first-order valence-electron chi connectivity index (χ1n) is 10.6. The van der Waals surface area contributed by atoms with Crippen LogP contribution in [0.2, 0.25) is 0 Å². The second-order valence-electron chi connectivity index (χ2n) is 8.01. The summed E-state index contributed by atoms with van der Waals surface area (Å²) in [6, 6.07) is 1.81. The molecule has 2 unspecified atom stereocenters. The Hall–Kier alpha value is -3.34. The number of aryl methyl sites for hydroxylation is 1. The Morgan fingerprint density at radius 1 is 1.22 bits per heavy atom. The highest BCUT2D eigenvalue weighted by Gasteiger charge is 2.66. The van der Waals surface area contributed by atoms with Gasteiger partial charge in [-0.2, -0.15) is 22.0 Å². The van der Waals surface area contributed by atoms with Crippen LogP contribution in [-0.2, 0) is 10.9 Å². The molecule has 3 aromatic heterocycles. The molecule has 2 atom stereocenters. The highest BCUT2D eigenvalue weighted by atomic mass is 32.1. The van der Waals surface area contributed by atoms with Crippen LogP contribution in [0.4, 0.5) is 27.8 Å². The number of aromatic nitrogens is 4. The maximum Gasteiger partial charge on any atom is 0.431 e. The number of amides is 1. The zero-order chi connectivity index (χ0) is 27.2. The molecule has 16 heteroatoms. The van der Waals surface area contributed by atoms with Gasteiger partial charge in [0.05, 0.1) is 22.7 Å². The predicted octanol–water partition coefficient (Wildman–Crippen LogP) is 2.90. The van der Waals surface area contributed by atoms with E-state index in [2.05, 4.69) is 30.0 Å². The fourth-order valence-electron chi connectivity index (χ4n) is 3.65. The van der Waals surface area contributed by atoms with E-state index in [1.165, 1.54) is 25.4 Å². The molecule has 198 valence electrons. The lowest BCUT2D eigenvalue weighted by Crippen LogP contribution is -2.74. The number of ether oxygens (including phenoxy) is 1. The lowest BCUT2D eigenvalue weighted by atomic mass is 10.0. The van der Waals surface area contributed by atoms with Crippen molar-refractivity contribution in [1.29, 1.82) is 0 Å². The minimum absolute atomic E-state index is 0.0645. The Morgan fingerprint density at radius 2 is 1.89 bits per heavy atom. The van der Waals surface area contributed by atoms with E-state index in [1.807, 2.05) is 0 Å². The molecule has 37 heavy (non-hydrogen) atoms. The number of thiazole rings is 1. The van der Waals surface area contributed by atoms with Gasteiger partial charge in [-0.05, 0) is 32.0 Å². The molecular weight excluding hydrogens is 527 g/mol. The number of hydrogen-bond acceptors (Lipinski definition) is 10. The zero-order valence-corrected chi connectivity index (χ0v) is 19.9. The first-order chi connectivity index (χ1) is 17.2. The van der Waals surface area contributed by atoms with Crippen molar-refractivity contribution in [2.45, 2.75) is 44.2 Å². The van der Waals surface area contributed by atoms with Crippen molar-refractivity contribution in [3.8, 4) is 10.7 Å². The lowest BCUT2D eigenvalue weighted by Gasteiger charge is -2.50. The van der Waals surface area contributed by atoms with E-state index >= 15 is 0 Å². The molecule has 1 fully saturated rings. The number of carbonyl (C=O) groups is 1. The molecule has 3 N–H and O–H groups in total. The van der Waals surface area contributed by atoms with Crippen LogP contribution in [0.5, 0.6) is 0 Å². The summed E-state index contributed by atoms with van der Waals surface area (Å²) in [6.45, 7) is 2.26. The lowest BCUT2D eigenvalue weighted by molar-refractivity contribution is -0.473. The van der Waals surface area contributed by atoms with Gasteiger partial charge in [-0.3, -0.25) is 9.69 Å². The Morgan fingerprint density at radius 3 is 2.49 bits per heavy atom. The summed E-state index contributed by atoms with van der Waals surface area (Å²) >= 11 is 0.992. The second-order valence-corrected chi connectivity index (χ2v) is 9.21. The Bertz CT molecular complexity index is 1270. The number of hydrogen-bond donors (Lipinski definition) is 3. The Balaban J connectivity index is 1.69. The summed E-state index contributed by atoms with van der Waals surface area (Å²) in [5.74, 6) is -5.41. The SMILES string of the molecule is Cc1nc(C(=O)N2C(CNc3ccc(C(F)(F)F)cn3)C(C)OC(F)(F)C2(O)O)c(-c2ncccn2)s1. The normalized spacial score (nSPS) is 21.1. The van der Waals surface area contributed by atoms with Crippen LogP contribution in [0, 0.1) is 6.92 Å². The van der Waals surface area contributed by atoms with E-state index in [-0.39, 0.29) is 21.4 Å². The molecule has 0 saturated carbocycles. The first-order valence-corrected chi connectivity index (χ1v) is 11.4. The Kier molecular flexibility index (Phi) is 6.87. The van der Waals surface area contributed by atoms with Gasteiger partial charge in [0.15, 0.2) is 11.5 Å². The Labute approximate surface area is 209 Å². The summed E-state index contributed by atoms with van der Waals surface area (Å²) in [6.07, 6.45) is -7.34. The number of anilines is 1. The van der Waals surface area contributed by atoms with Crippen molar-refractivity contribution < 1.29 is 41.7 Å². The van der Waals surface area contributed by atoms with Gasteiger partial charge >= 0.3 is 18.2 Å². The molecule has 1 amide bonds. The minimum Gasteiger partial charge on any atom is -0.368 e. The van der Waals surface area contributed by atoms with Crippen molar-refractivity contribution in [2.75, 3.05) is 11.9 Å². The molecule has 0 aromatic carbocycles. The quantitative estimate of drug-likeness (QED) is 0.326. The number of nitrogens with one attached hydrogen (secondary N) is 1. The van der Waals surface area contributed by atoms with Crippen LogP contribution in [0.15, 0.2) is 36.8 Å². The van der Waals surface area contributed by atoms with E-state index in [0.717, 1.165) is 23.5 Å². The second kappa shape index (κ2) is 9.51. The summed E-state index contributed by atoms with van der Waals surface area (Å²) in [4.78, 5) is 29.6. The van der Waals surface area contributed by atoms with E-state index in [9.17, 15) is 37.0 Å². The molecular formula is C21H19F5N6O4S. The standard InChI is InChI=1S/C21H19F5N6O4S/c1-10-13(9-30-14-5-4-12(8-29-14)19(22,23)24)32(21(34,35)20(25,26)36-10)18(33)15-16(37-11(2)31-15)17-27-6-3-7-28-17/h3-8,10,13,34-35H,9H2,1-2H3,(H,29,30). The van der Waals surface area contributed by atoms with Crippen LogP contribution < -0.4 is 5.32 Å². The van der Waals surface area contributed by atoms with Crippen LogP contribution in [0.3, 0.4) is 0 Å². The zero-order valence-electron chi connectivity index (χ0n) is 19.1. The van der Waals surface area contributed by atoms with Crippen molar-refractivity contribution in [2.24, 2.45) is 0 Å². The molecule has 0 aliphatic carbocycles. The van der Waals surface area contributed by atoms with Crippen molar-refractivity contribution in [1.82, 2.24) is 24.8 Å². The number of pyridine rings is 1. The molecule has 4 rings (SSSR count). The number of alkyl halides is 5. The van der Waals surface area contributed by atoms with Gasteiger partial charge in [0.2, 0.25) is 0 Å². The summed E-state index contributed by atoms with van der Waals surface area (Å²) in [5, 5.41) is 23.8. The third kappa shape index (κ3) is 5.09. The van der Waals surface area contributed by atoms with Gasteiger partial charge in [-0.15, -0.1) is 11.3 Å². The van der Waals surface area contributed by atoms with Crippen molar-refractivity contribution in [3.05, 3.63) is 53.1 Å². The van der Waals surface area contributed by atoms with Gasteiger partial charge < -0.3 is 20.3 Å². The molecule has 10 nitrogen and oxygen atoms in total. The molecule has 1 aliphatic heterocycles. The maximum absolute atomic E-state index is 14.6. The van der Waals surface area contributed by atoms with Gasteiger partial charge in [0.25, 0.3) is 5.91 Å². The molecule has 0 spiro atoms. The largest absolute Gasteiger partial charge is 0.431 e. The van der Waals surface area contributed by atoms with E-state index in [4.69, 9.17) is 0 Å². The maximum atomic E-state index is 14.6. The topological polar surface area (TPSA) is 134 Å². The number of rotatable bonds is 5. The minimum atomic E-state index is -4.62. The number of aliphatic hydroxyl groups is 2. The number of carbonyl (C=O) groups excluding carboxylic acids is 1. The average Bonchev–Trinajstić information content (AvgIpc) is 3.22. The highest BCUT2D eigenvalue weighted by Crippen LogP contribution is 2.41. The number of nitrogens with zero attached hydrogens (tertiary/aromatic N) is 5. The fraction of sp³-hybridized carbons (Fsp3) is 0.381. The monoisotopic (exact) mass is 546 g/mol. The van der Waals surface area contributed by atoms with Crippen LogP contribution in [0.25, 0.3) is 10.7 Å². The van der Waals surface area contributed by atoms with Crippen LogP contribution in [0.1, 0.15) is 28.0 Å². The van der Waals surface area contributed by atoms with Crippen LogP contribution >= 0.6 is 11.3 Å². The van der Waals surface area contributed by atoms with Crippen LogP contribution in [-0.4, -0.2) is 71.7 Å². The smallest absolute Gasteiger partial charge is 0.368 e. The van der Waals surface area contributed by atoms with Gasteiger partial charge in [0.1, 0.15) is 10.7 Å². The van der Waals surface area contributed by atoms with Gasteiger partial charge in [-0.1, -0.05) is 0 Å². The van der Waals surface area contributed by atoms with Gasteiger partial charge in [0, 0.05) is 25.1 Å². The third-order valence-corrected chi connectivity index (χ3v) is 6.41. The van der Waals surface area contributed by atoms with E-state index < -0.39 is 54.1 Å². The fourth-order valence-corrected chi connectivity index (χ4v) is 4.51. The first kappa shape index (κ1) is 26.7. The molecule has 4 heterocycles. The molecule has 1 aliphatic rings. The highest BCUT2D eigenvalue weighted by molar-refractivity contribution is 7.15. The van der Waals surface area contributed by atoms with E-state index in [0.29, 0.717) is 11.2 Å². The van der Waals surface area contributed by atoms with E-state index in [1.54, 1.807) is 6.92 Å². The molecule has 0 bridgehead atoms. The van der Waals surface area contributed by atoms with Gasteiger partial charge in [-0.25, -0.2) is 19.9 Å². The summed E-state index contributed by atoms with van der Waals surface area (Å²) < 4.78 is 72.1. The summed E-state index contributed by atoms with van der Waals surface area (Å²) in [5.41, 5.74) is -1.41. The predicted molar refractivity (Wildman–Crippen MR) is 118 cm³/mol. The van der Waals surface area contributed by atoms with Crippen molar-refractivity contribution in [3.63, 3.8) is 0 Å². The summed E-state index contributed by atoms with van der Waals surface area (Å²) in [7, 11) is 0. The molecule has 0 radical (unpaired) electrons. The molecule has 3 aromatic rings. The molecule has 1 saturated heterocycles. The average molecular weight is 546 g/mol. The number of morpholine rings is 1. The number of halogens is 5.